The first kappa shape index (κ1) is 14.6. The molecule has 4 atom stereocenters. The molecule has 0 amide bonds. The largest absolute Gasteiger partial charge is 0.466 e. The Morgan fingerprint density at radius 3 is 2.67 bits per heavy atom. The van der Waals surface area contributed by atoms with Crippen LogP contribution in [0.1, 0.15) is 37.3 Å². The summed E-state index contributed by atoms with van der Waals surface area (Å²) in [7, 11) is 0. The molecule has 2 unspecified atom stereocenters. The van der Waals surface area contributed by atoms with Gasteiger partial charge in [-0.25, -0.2) is 0 Å². The van der Waals surface area contributed by atoms with Crippen molar-refractivity contribution in [2.24, 2.45) is 17.8 Å². The fourth-order valence-electron chi connectivity index (χ4n) is 4.10. The van der Waals surface area contributed by atoms with Crippen molar-refractivity contribution >= 4 is 5.97 Å². The summed E-state index contributed by atoms with van der Waals surface area (Å²) in [6, 6.07) is 8.90. The van der Waals surface area contributed by atoms with Crippen LogP contribution in [0.2, 0.25) is 0 Å². The van der Waals surface area contributed by atoms with Crippen LogP contribution in [0.25, 0.3) is 0 Å². The Hall–Kier alpha value is -1.35. The van der Waals surface area contributed by atoms with Gasteiger partial charge in [0, 0.05) is 12.6 Å². The first-order chi connectivity index (χ1) is 10.2. The Bertz CT molecular complexity index is 496. The van der Waals surface area contributed by atoms with Crippen LogP contribution >= 0.6 is 0 Å². The fourth-order valence-corrected chi connectivity index (χ4v) is 4.10. The number of nitrogens with one attached hydrogen (secondary N) is 1. The van der Waals surface area contributed by atoms with E-state index in [1.54, 1.807) is 0 Å². The lowest BCUT2D eigenvalue weighted by molar-refractivity contribution is -0.150. The van der Waals surface area contributed by atoms with Crippen molar-refractivity contribution in [2.75, 3.05) is 6.61 Å². The maximum Gasteiger partial charge on any atom is 0.310 e. The molecule has 2 bridgehead atoms. The lowest BCUT2D eigenvalue weighted by Crippen LogP contribution is -2.44. The van der Waals surface area contributed by atoms with E-state index in [4.69, 9.17) is 4.74 Å². The van der Waals surface area contributed by atoms with Gasteiger partial charge >= 0.3 is 5.97 Å². The molecule has 1 aromatic rings. The van der Waals surface area contributed by atoms with Crippen molar-refractivity contribution in [2.45, 2.75) is 45.7 Å². The highest BCUT2D eigenvalue weighted by Crippen LogP contribution is 2.49. The Morgan fingerprint density at radius 1 is 1.24 bits per heavy atom. The lowest BCUT2D eigenvalue weighted by Gasteiger charge is -2.30. The van der Waals surface area contributed by atoms with Crippen molar-refractivity contribution in [3.8, 4) is 0 Å². The molecule has 2 aliphatic rings. The smallest absolute Gasteiger partial charge is 0.310 e. The van der Waals surface area contributed by atoms with Crippen molar-refractivity contribution < 1.29 is 9.53 Å². The highest BCUT2D eigenvalue weighted by molar-refractivity contribution is 5.74. The molecule has 0 aliphatic heterocycles. The maximum absolute atomic E-state index is 12.2. The average molecular weight is 287 g/mol. The van der Waals surface area contributed by atoms with Crippen LogP contribution in [0.4, 0.5) is 0 Å². The van der Waals surface area contributed by atoms with Crippen molar-refractivity contribution in [1.82, 2.24) is 5.32 Å². The van der Waals surface area contributed by atoms with E-state index < -0.39 is 0 Å². The number of esters is 1. The monoisotopic (exact) mass is 287 g/mol. The van der Waals surface area contributed by atoms with E-state index in [1.807, 2.05) is 6.92 Å². The van der Waals surface area contributed by atoms with E-state index in [-0.39, 0.29) is 11.9 Å². The summed E-state index contributed by atoms with van der Waals surface area (Å²) in [5.41, 5.74) is 2.56. The van der Waals surface area contributed by atoms with Crippen LogP contribution in [0.3, 0.4) is 0 Å². The molecule has 0 saturated heterocycles. The normalized spacial score (nSPS) is 30.6. The number of rotatable bonds is 5. The highest BCUT2D eigenvalue weighted by Gasteiger charge is 2.51. The van der Waals surface area contributed by atoms with E-state index in [0.717, 1.165) is 6.54 Å². The second kappa shape index (κ2) is 6.18. The third kappa shape index (κ3) is 2.98. The number of ether oxygens (including phenoxy) is 1. The van der Waals surface area contributed by atoms with E-state index in [9.17, 15) is 4.79 Å². The number of hydrogen-bond donors (Lipinski definition) is 1. The molecular weight excluding hydrogens is 262 g/mol. The first-order valence-corrected chi connectivity index (χ1v) is 8.14. The summed E-state index contributed by atoms with van der Waals surface area (Å²) in [5, 5.41) is 3.64. The molecule has 1 aromatic carbocycles. The van der Waals surface area contributed by atoms with Crippen LogP contribution in [-0.2, 0) is 16.1 Å². The molecular formula is C18H25NO2. The summed E-state index contributed by atoms with van der Waals surface area (Å²) in [4.78, 5) is 12.2. The summed E-state index contributed by atoms with van der Waals surface area (Å²) in [6.07, 6.45) is 3.64. The van der Waals surface area contributed by atoms with Crippen LogP contribution in [-0.4, -0.2) is 18.6 Å². The number of aryl methyl sites for hydroxylation is 1. The molecule has 2 aliphatic carbocycles. The summed E-state index contributed by atoms with van der Waals surface area (Å²) in [6.45, 7) is 5.31. The van der Waals surface area contributed by atoms with Gasteiger partial charge in [-0.1, -0.05) is 29.8 Å². The second-order valence-electron chi connectivity index (χ2n) is 6.50. The number of carbonyl (C=O) groups is 1. The molecule has 21 heavy (non-hydrogen) atoms. The van der Waals surface area contributed by atoms with Crippen LogP contribution in [0, 0.1) is 24.7 Å². The fraction of sp³-hybridized carbons (Fsp3) is 0.611. The molecule has 1 N–H and O–H groups in total. The molecule has 114 valence electrons. The van der Waals surface area contributed by atoms with Crippen LogP contribution < -0.4 is 5.32 Å². The SMILES string of the molecule is CCOC(=O)C1C(NCc2ccc(C)cc2)[C@H]2CC[C@@H]1C2. The zero-order valence-electron chi connectivity index (χ0n) is 13.0. The van der Waals surface area contributed by atoms with Gasteiger partial charge in [-0.3, -0.25) is 4.79 Å². The van der Waals surface area contributed by atoms with Gasteiger partial charge in [-0.05, 0) is 50.5 Å². The van der Waals surface area contributed by atoms with Gasteiger partial charge in [0.1, 0.15) is 0 Å². The van der Waals surface area contributed by atoms with Crippen molar-refractivity contribution in [3.05, 3.63) is 35.4 Å². The third-order valence-electron chi connectivity index (χ3n) is 5.14. The zero-order chi connectivity index (χ0) is 14.8. The molecule has 2 fully saturated rings. The number of fused-ring (bicyclic) bond motifs is 2. The molecule has 0 radical (unpaired) electrons. The second-order valence-corrected chi connectivity index (χ2v) is 6.50. The predicted molar refractivity (Wildman–Crippen MR) is 82.8 cm³/mol. The summed E-state index contributed by atoms with van der Waals surface area (Å²) < 4.78 is 5.30. The lowest BCUT2D eigenvalue weighted by atomic mass is 9.84. The minimum Gasteiger partial charge on any atom is -0.466 e. The highest BCUT2D eigenvalue weighted by atomic mass is 16.5. The molecule has 2 saturated carbocycles. The topological polar surface area (TPSA) is 38.3 Å². The van der Waals surface area contributed by atoms with Crippen molar-refractivity contribution in [1.29, 1.82) is 0 Å². The van der Waals surface area contributed by atoms with Crippen molar-refractivity contribution in [3.63, 3.8) is 0 Å². The standard InChI is InChI=1S/C18H25NO2/c1-3-21-18(20)16-14-8-9-15(10-14)17(16)19-11-13-6-4-12(2)5-7-13/h4-7,14-17,19H,3,8-11H2,1-2H3/t14-,15+,16?,17?/m1/s1. The minimum atomic E-state index is 0.00565. The molecule has 0 spiro atoms. The summed E-state index contributed by atoms with van der Waals surface area (Å²) in [5.74, 6) is 1.25. The van der Waals surface area contributed by atoms with Gasteiger partial charge in [-0.2, -0.15) is 0 Å². The third-order valence-corrected chi connectivity index (χ3v) is 5.14. The Morgan fingerprint density at radius 2 is 1.95 bits per heavy atom. The molecule has 3 rings (SSSR count). The van der Waals surface area contributed by atoms with Gasteiger partial charge in [-0.15, -0.1) is 0 Å². The maximum atomic E-state index is 12.2. The summed E-state index contributed by atoms with van der Waals surface area (Å²) >= 11 is 0. The van der Waals surface area contributed by atoms with E-state index in [2.05, 4.69) is 36.5 Å². The number of carbonyl (C=O) groups excluding carboxylic acids is 1. The Labute approximate surface area is 127 Å². The zero-order valence-corrected chi connectivity index (χ0v) is 13.0. The number of benzene rings is 1. The van der Waals surface area contributed by atoms with E-state index >= 15 is 0 Å². The van der Waals surface area contributed by atoms with Gasteiger partial charge in [0.15, 0.2) is 0 Å². The van der Waals surface area contributed by atoms with Gasteiger partial charge < -0.3 is 10.1 Å². The van der Waals surface area contributed by atoms with Crippen LogP contribution in [0.5, 0.6) is 0 Å². The Balaban J connectivity index is 1.65. The molecule has 3 heteroatoms. The molecule has 3 nitrogen and oxygen atoms in total. The molecule has 0 aromatic heterocycles. The van der Waals surface area contributed by atoms with Gasteiger partial charge in [0.25, 0.3) is 0 Å². The van der Waals surface area contributed by atoms with E-state index in [1.165, 1.54) is 30.4 Å². The quantitative estimate of drug-likeness (QED) is 0.846. The first-order valence-electron chi connectivity index (χ1n) is 8.14. The Kier molecular flexibility index (Phi) is 4.29. The van der Waals surface area contributed by atoms with Gasteiger partial charge in [0.2, 0.25) is 0 Å². The van der Waals surface area contributed by atoms with Crippen LogP contribution in [0.15, 0.2) is 24.3 Å². The van der Waals surface area contributed by atoms with E-state index in [0.29, 0.717) is 24.5 Å². The number of hydrogen-bond acceptors (Lipinski definition) is 3. The van der Waals surface area contributed by atoms with Gasteiger partial charge in [0.05, 0.1) is 12.5 Å². The predicted octanol–water partition coefficient (Wildman–Crippen LogP) is 3.06. The average Bonchev–Trinajstić information content (AvgIpc) is 3.07. The molecule has 0 heterocycles. The minimum absolute atomic E-state index is 0.00565.